The fourth-order valence-electron chi connectivity index (χ4n) is 4.84. The normalized spacial score (nSPS) is 18.6. The molecule has 2 aromatic carbocycles. The molecule has 8 nitrogen and oxygen atoms in total. The summed E-state index contributed by atoms with van der Waals surface area (Å²) in [6, 6.07) is 15.1. The molecular formula is C31H42N2O6. The lowest BCUT2D eigenvalue weighted by molar-refractivity contribution is -0.117. The van der Waals surface area contributed by atoms with Crippen molar-refractivity contribution in [3.63, 3.8) is 0 Å². The van der Waals surface area contributed by atoms with Gasteiger partial charge in [-0.2, -0.15) is 0 Å². The van der Waals surface area contributed by atoms with Crippen molar-refractivity contribution in [2.75, 3.05) is 37.1 Å². The van der Waals surface area contributed by atoms with Crippen molar-refractivity contribution in [2.45, 2.75) is 82.8 Å². The van der Waals surface area contributed by atoms with Gasteiger partial charge in [-0.25, -0.2) is 0 Å². The minimum atomic E-state index is -0.0112. The minimum Gasteiger partial charge on any atom is -0.489 e. The molecule has 4 rings (SSSR count). The third-order valence-corrected chi connectivity index (χ3v) is 7.03. The van der Waals surface area contributed by atoms with Gasteiger partial charge in [0.25, 0.3) is 0 Å². The first kappa shape index (κ1) is 28.9. The van der Waals surface area contributed by atoms with Crippen LogP contribution in [0.3, 0.4) is 0 Å². The average molecular weight is 539 g/mol. The van der Waals surface area contributed by atoms with Gasteiger partial charge in [0, 0.05) is 26.1 Å². The summed E-state index contributed by atoms with van der Waals surface area (Å²) in [4.78, 5) is 24.9. The Hall–Kier alpha value is -3.10. The van der Waals surface area contributed by atoms with Gasteiger partial charge in [-0.3, -0.25) is 9.59 Å². The lowest BCUT2D eigenvalue weighted by Gasteiger charge is -2.15. The number of nitrogens with one attached hydrogen (secondary N) is 2. The maximum absolute atomic E-state index is 12.5. The molecular weight excluding hydrogens is 496 g/mol. The highest BCUT2D eigenvalue weighted by molar-refractivity contribution is 5.92. The number of carbonyl (C=O) groups excluding carboxylic acids is 2. The minimum absolute atomic E-state index is 0.0112. The number of anilines is 2. The quantitative estimate of drug-likeness (QED) is 0.250. The highest BCUT2D eigenvalue weighted by Crippen LogP contribution is 2.27. The van der Waals surface area contributed by atoms with E-state index in [0.29, 0.717) is 48.9 Å². The average Bonchev–Trinajstić information content (AvgIpc) is 3.66. The standard InChI is InChI=1S/C31H42N2O6/c34-30(32-26-14-6-8-16-28(26)38-22-24-12-10-20-36-24)18-4-2-1-3-5-19-31(35)33-27-15-7-9-17-29(27)39-23-25-13-11-21-37-25/h6-9,14-17,24-25H,1-5,10-13,18-23H2,(H,32,34)(H,33,35). The summed E-state index contributed by atoms with van der Waals surface area (Å²) >= 11 is 0. The summed E-state index contributed by atoms with van der Waals surface area (Å²) in [6.07, 6.45) is 9.86. The van der Waals surface area contributed by atoms with Crippen molar-refractivity contribution in [1.29, 1.82) is 0 Å². The lowest BCUT2D eigenvalue weighted by atomic mass is 10.1. The monoisotopic (exact) mass is 538 g/mol. The van der Waals surface area contributed by atoms with Gasteiger partial charge in [0.15, 0.2) is 0 Å². The molecule has 2 aliphatic heterocycles. The van der Waals surface area contributed by atoms with Gasteiger partial charge in [-0.15, -0.1) is 0 Å². The highest BCUT2D eigenvalue weighted by atomic mass is 16.5. The van der Waals surface area contributed by atoms with E-state index < -0.39 is 0 Å². The highest BCUT2D eigenvalue weighted by Gasteiger charge is 2.18. The Morgan fingerprint density at radius 1 is 0.667 bits per heavy atom. The number of hydrogen-bond acceptors (Lipinski definition) is 6. The van der Waals surface area contributed by atoms with Gasteiger partial charge in [0.05, 0.1) is 23.6 Å². The van der Waals surface area contributed by atoms with E-state index >= 15 is 0 Å². The Morgan fingerprint density at radius 3 is 1.54 bits per heavy atom. The molecule has 2 fully saturated rings. The smallest absolute Gasteiger partial charge is 0.224 e. The lowest BCUT2D eigenvalue weighted by Crippen LogP contribution is -2.18. The van der Waals surface area contributed by atoms with E-state index in [1.807, 2.05) is 48.5 Å². The molecule has 2 saturated heterocycles. The number of unbranched alkanes of at least 4 members (excludes halogenated alkanes) is 4. The van der Waals surface area contributed by atoms with Crippen LogP contribution in [0.5, 0.6) is 11.5 Å². The summed E-state index contributed by atoms with van der Waals surface area (Å²) < 4.78 is 23.0. The van der Waals surface area contributed by atoms with Crippen LogP contribution >= 0.6 is 0 Å². The van der Waals surface area contributed by atoms with E-state index in [4.69, 9.17) is 18.9 Å². The molecule has 0 aromatic heterocycles. The molecule has 8 heteroatoms. The van der Waals surface area contributed by atoms with Crippen LogP contribution in [0.25, 0.3) is 0 Å². The van der Waals surface area contributed by atoms with Crippen molar-refractivity contribution < 1.29 is 28.5 Å². The number of hydrogen-bond donors (Lipinski definition) is 2. The maximum Gasteiger partial charge on any atom is 0.224 e. The molecule has 2 heterocycles. The molecule has 2 unspecified atom stereocenters. The molecule has 0 aliphatic carbocycles. The fraction of sp³-hybridized carbons (Fsp3) is 0.548. The summed E-state index contributed by atoms with van der Waals surface area (Å²) in [6.45, 7) is 2.59. The molecule has 2 N–H and O–H groups in total. The third kappa shape index (κ3) is 10.2. The molecule has 2 atom stereocenters. The Bertz CT molecular complexity index is 952. The number of ether oxygens (including phenoxy) is 4. The molecule has 0 saturated carbocycles. The van der Waals surface area contributed by atoms with Gasteiger partial charge in [0.1, 0.15) is 24.7 Å². The second-order valence-corrected chi connectivity index (χ2v) is 10.2. The predicted octanol–water partition coefficient (Wildman–Crippen LogP) is 6.11. The van der Waals surface area contributed by atoms with Gasteiger partial charge in [-0.05, 0) is 62.8 Å². The molecule has 2 amide bonds. The second kappa shape index (κ2) is 16.1. The number of benzene rings is 2. The van der Waals surface area contributed by atoms with E-state index in [1.165, 1.54) is 0 Å². The summed E-state index contributed by atoms with van der Waals surface area (Å²) in [7, 11) is 0. The number of carbonyl (C=O) groups is 2. The SMILES string of the molecule is O=C(CCCCCCCC(=O)Nc1ccccc1OCC1CCCO1)Nc1ccccc1OCC1CCCO1. The largest absolute Gasteiger partial charge is 0.489 e. The van der Waals surface area contributed by atoms with Crippen LogP contribution in [-0.2, 0) is 19.1 Å². The Kier molecular flexibility index (Phi) is 11.9. The zero-order valence-electron chi connectivity index (χ0n) is 22.8. The maximum atomic E-state index is 12.5. The molecule has 0 spiro atoms. The van der Waals surface area contributed by atoms with E-state index in [1.54, 1.807) is 0 Å². The predicted molar refractivity (Wildman–Crippen MR) is 151 cm³/mol. The first-order valence-corrected chi connectivity index (χ1v) is 14.4. The molecule has 212 valence electrons. The topological polar surface area (TPSA) is 95.1 Å². The van der Waals surface area contributed by atoms with Crippen LogP contribution in [0.15, 0.2) is 48.5 Å². The van der Waals surface area contributed by atoms with Gasteiger partial charge < -0.3 is 29.6 Å². The van der Waals surface area contributed by atoms with E-state index in [-0.39, 0.29) is 24.0 Å². The van der Waals surface area contributed by atoms with Crippen molar-refractivity contribution >= 4 is 23.2 Å². The van der Waals surface area contributed by atoms with Gasteiger partial charge in [-0.1, -0.05) is 43.5 Å². The number of rotatable bonds is 16. The number of amides is 2. The molecule has 2 aliphatic rings. The van der Waals surface area contributed by atoms with Crippen molar-refractivity contribution in [3.05, 3.63) is 48.5 Å². The van der Waals surface area contributed by atoms with E-state index in [2.05, 4.69) is 10.6 Å². The zero-order chi connectivity index (χ0) is 27.1. The Balaban J connectivity index is 1.06. The molecule has 0 radical (unpaired) electrons. The summed E-state index contributed by atoms with van der Waals surface area (Å²) in [5.41, 5.74) is 1.40. The van der Waals surface area contributed by atoms with Crippen LogP contribution in [0.4, 0.5) is 11.4 Å². The Labute approximate surface area is 231 Å². The first-order valence-electron chi connectivity index (χ1n) is 14.4. The van der Waals surface area contributed by atoms with Crippen molar-refractivity contribution in [1.82, 2.24) is 0 Å². The molecule has 0 bridgehead atoms. The number of para-hydroxylation sites is 4. The molecule has 2 aromatic rings. The zero-order valence-corrected chi connectivity index (χ0v) is 22.8. The fourth-order valence-corrected chi connectivity index (χ4v) is 4.84. The van der Waals surface area contributed by atoms with Crippen LogP contribution in [0.1, 0.15) is 70.6 Å². The summed E-state index contributed by atoms with van der Waals surface area (Å²) in [5.74, 6) is 1.33. The molecule has 39 heavy (non-hydrogen) atoms. The van der Waals surface area contributed by atoms with Gasteiger partial charge in [0.2, 0.25) is 11.8 Å². The second-order valence-electron chi connectivity index (χ2n) is 10.2. The van der Waals surface area contributed by atoms with Crippen molar-refractivity contribution in [3.8, 4) is 11.5 Å². The van der Waals surface area contributed by atoms with Crippen LogP contribution < -0.4 is 20.1 Å². The van der Waals surface area contributed by atoms with E-state index in [0.717, 1.165) is 71.0 Å². The van der Waals surface area contributed by atoms with E-state index in [9.17, 15) is 9.59 Å². The van der Waals surface area contributed by atoms with Crippen LogP contribution in [-0.4, -0.2) is 50.4 Å². The Morgan fingerprint density at radius 2 is 1.10 bits per heavy atom. The van der Waals surface area contributed by atoms with Gasteiger partial charge >= 0.3 is 0 Å². The van der Waals surface area contributed by atoms with Crippen LogP contribution in [0.2, 0.25) is 0 Å². The van der Waals surface area contributed by atoms with Crippen LogP contribution in [0, 0.1) is 0 Å². The van der Waals surface area contributed by atoms with Crippen molar-refractivity contribution in [2.24, 2.45) is 0 Å². The summed E-state index contributed by atoms with van der Waals surface area (Å²) in [5, 5.41) is 5.96. The third-order valence-electron chi connectivity index (χ3n) is 7.03. The first-order chi connectivity index (χ1) is 19.2.